The lowest BCUT2D eigenvalue weighted by atomic mass is 10.1. The largest absolute Gasteiger partial charge is 0.390 e. The minimum absolute atomic E-state index is 0.0636. The Morgan fingerprint density at radius 1 is 1.24 bits per heavy atom. The molecule has 88 valence electrons. The highest BCUT2D eigenvalue weighted by Gasteiger charge is 2.03. The fourth-order valence-electron chi connectivity index (χ4n) is 1.69. The summed E-state index contributed by atoms with van der Waals surface area (Å²) in [5, 5.41) is 9.79. The van der Waals surface area contributed by atoms with Crippen molar-refractivity contribution in [1.29, 1.82) is 0 Å². The van der Waals surface area contributed by atoms with Crippen molar-refractivity contribution in [3.8, 4) is 0 Å². The van der Waals surface area contributed by atoms with Crippen molar-refractivity contribution >= 4 is 11.6 Å². The minimum Gasteiger partial charge on any atom is -0.390 e. The second-order valence-corrected chi connectivity index (χ2v) is 4.32. The lowest BCUT2D eigenvalue weighted by Crippen LogP contribution is -2.02. The van der Waals surface area contributed by atoms with E-state index in [1.165, 1.54) is 0 Å². The summed E-state index contributed by atoms with van der Waals surface area (Å²) < 4.78 is 0. The van der Waals surface area contributed by atoms with Gasteiger partial charge in [0.1, 0.15) is 5.82 Å². The molecule has 17 heavy (non-hydrogen) atoms. The van der Waals surface area contributed by atoms with Crippen molar-refractivity contribution in [2.75, 3.05) is 0 Å². The Bertz CT molecular complexity index is 529. The van der Waals surface area contributed by atoms with Crippen LogP contribution in [0.5, 0.6) is 0 Å². The number of rotatable bonds is 3. The van der Waals surface area contributed by atoms with Gasteiger partial charge in [-0.25, -0.2) is 9.97 Å². The van der Waals surface area contributed by atoms with Crippen molar-refractivity contribution in [2.24, 2.45) is 0 Å². The number of aryl methyl sites for hydroxylation is 1. The molecule has 2 aromatic rings. The van der Waals surface area contributed by atoms with Crippen molar-refractivity contribution < 1.29 is 5.11 Å². The smallest absolute Gasteiger partial charge is 0.133 e. The summed E-state index contributed by atoms with van der Waals surface area (Å²) >= 11 is 5.92. The highest BCUT2D eigenvalue weighted by Crippen LogP contribution is 2.13. The van der Waals surface area contributed by atoms with Gasteiger partial charge in [0.05, 0.1) is 12.3 Å². The average molecular weight is 249 g/mol. The molecular weight excluding hydrogens is 236 g/mol. The number of aliphatic hydroxyl groups is 1. The van der Waals surface area contributed by atoms with Crippen LogP contribution in [0.4, 0.5) is 0 Å². The van der Waals surface area contributed by atoms with E-state index in [1.54, 1.807) is 6.07 Å². The first-order valence-electron chi connectivity index (χ1n) is 5.36. The second kappa shape index (κ2) is 5.25. The molecule has 0 aliphatic carbocycles. The van der Waals surface area contributed by atoms with Crippen LogP contribution in [0.15, 0.2) is 30.3 Å². The van der Waals surface area contributed by atoms with Crippen LogP contribution in [0.3, 0.4) is 0 Å². The van der Waals surface area contributed by atoms with Gasteiger partial charge in [-0.1, -0.05) is 23.7 Å². The maximum Gasteiger partial charge on any atom is 0.133 e. The lowest BCUT2D eigenvalue weighted by molar-refractivity contribution is 0.276. The number of halogens is 1. The quantitative estimate of drug-likeness (QED) is 0.908. The molecule has 1 aromatic heterocycles. The molecule has 0 saturated heterocycles. The molecule has 1 aromatic carbocycles. The molecule has 3 nitrogen and oxygen atoms in total. The lowest BCUT2D eigenvalue weighted by Gasteiger charge is -2.04. The van der Waals surface area contributed by atoms with Crippen molar-refractivity contribution in [1.82, 2.24) is 9.97 Å². The highest BCUT2D eigenvalue weighted by molar-refractivity contribution is 6.30. The molecule has 4 heteroatoms. The molecule has 0 aliphatic rings. The fourth-order valence-corrected chi connectivity index (χ4v) is 1.90. The maximum atomic E-state index is 9.09. The Hall–Kier alpha value is -1.45. The molecule has 1 heterocycles. The van der Waals surface area contributed by atoms with Gasteiger partial charge in [0.15, 0.2) is 0 Å². The first-order valence-corrected chi connectivity index (χ1v) is 5.74. The predicted octanol–water partition coefficient (Wildman–Crippen LogP) is 2.52. The summed E-state index contributed by atoms with van der Waals surface area (Å²) in [4.78, 5) is 8.61. The predicted molar refractivity (Wildman–Crippen MR) is 66.9 cm³/mol. The van der Waals surface area contributed by atoms with Crippen molar-refractivity contribution in [2.45, 2.75) is 20.0 Å². The van der Waals surface area contributed by atoms with Gasteiger partial charge in [0.2, 0.25) is 0 Å². The molecule has 1 N–H and O–H groups in total. The number of hydrogen-bond acceptors (Lipinski definition) is 3. The molecular formula is C13H13ClN2O. The molecule has 0 saturated carbocycles. The van der Waals surface area contributed by atoms with Gasteiger partial charge in [0, 0.05) is 17.1 Å². The van der Waals surface area contributed by atoms with Gasteiger partial charge in [-0.3, -0.25) is 0 Å². The monoisotopic (exact) mass is 248 g/mol. The van der Waals surface area contributed by atoms with Gasteiger partial charge in [0.25, 0.3) is 0 Å². The number of aromatic nitrogens is 2. The van der Waals surface area contributed by atoms with Gasteiger partial charge in [-0.05, 0) is 30.7 Å². The first kappa shape index (κ1) is 12.0. The Morgan fingerprint density at radius 3 is 2.76 bits per heavy atom. The third kappa shape index (κ3) is 3.25. The van der Waals surface area contributed by atoms with Crippen LogP contribution in [0.25, 0.3) is 0 Å². The zero-order valence-electron chi connectivity index (χ0n) is 9.52. The highest BCUT2D eigenvalue weighted by atomic mass is 35.5. The molecule has 0 fully saturated rings. The number of nitrogens with zero attached hydrogens (tertiary/aromatic N) is 2. The van der Waals surface area contributed by atoms with E-state index in [0.717, 1.165) is 11.3 Å². The number of aliphatic hydroxyl groups excluding tert-OH is 1. The van der Waals surface area contributed by atoms with Gasteiger partial charge in [-0.15, -0.1) is 0 Å². The Balaban J connectivity index is 2.26. The summed E-state index contributed by atoms with van der Waals surface area (Å²) in [5.74, 6) is 0.705. The normalized spacial score (nSPS) is 10.5. The van der Waals surface area contributed by atoms with Gasteiger partial charge < -0.3 is 5.11 Å². The van der Waals surface area contributed by atoms with Crippen LogP contribution >= 0.6 is 11.6 Å². The second-order valence-electron chi connectivity index (χ2n) is 3.88. The summed E-state index contributed by atoms with van der Waals surface area (Å²) in [6.45, 7) is 1.83. The van der Waals surface area contributed by atoms with Crippen LogP contribution < -0.4 is 0 Å². The van der Waals surface area contributed by atoms with E-state index in [1.807, 2.05) is 31.2 Å². The van der Waals surface area contributed by atoms with E-state index in [4.69, 9.17) is 16.7 Å². The van der Waals surface area contributed by atoms with Gasteiger partial charge >= 0.3 is 0 Å². The van der Waals surface area contributed by atoms with Crippen LogP contribution in [0.2, 0.25) is 5.02 Å². The van der Waals surface area contributed by atoms with E-state index in [0.29, 0.717) is 23.0 Å². The van der Waals surface area contributed by atoms with Crippen molar-refractivity contribution in [3.63, 3.8) is 0 Å². The molecule has 0 bridgehead atoms. The zero-order valence-corrected chi connectivity index (χ0v) is 10.3. The molecule has 0 unspecified atom stereocenters. The van der Waals surface area contributed by atoms with Crippen molar-refractivity contribution in [3.05, 3.63) is 58.1 Å². The zero-order chi connectivity index (χ0) is 12.3. The van der Waals surface area contributed by atoms with Crippen LogP contribution in [0.1, 0.15) is 22.8 Å². The minimum atomic E-state index is -0.0636. The maximum absolute atomic E-state index is 9.09. The van der Waals surface area contributed by atoms with E-state index in [2.05, 4.69) is 9.97 Å². The van der Waals surface area contributed by atoms with Gasteiger partial charge in [-0.2, -0.15) is 0 Å². The van der Waals surface area contributed by atoms with E-state index >= 15 is 0 Å². The summed E-state index contributed by atoms with van der Waals surface area (Å²) in [6, 6.07) is 9.39. The molecule has 0 spiro atoms. The van der Waals surface area contributed by atoms with Crippen LogP contribution in [-0.4, -0.2) is 15.1 Å². The van der Waals surface area contributed by atoms with E-state index in [-0.39, 0.29) is 6.61 Å². The topological polar surface area (TPSA) is 46.0 Å². The summed E-state index contributed by atoms with van der Waals surface area (Å²) in [5.41, 5.74) is 2.57. The Kier molecular flexibility index (Phi) is 3.71. The van der Waals surface area contributed by atoms with Crippen LogP contribution in [-0.2, 0) is 13.0 Å². The number of hydrogen-bond donors (Lipinski definition) is 1. The van der Waals surface area contributed by atoms with Crippen LogP contribution in [0, 0.1) is 6.92 Å². The van der Waals surface area contributed by atoms with E-state index < -0.39 is 0 Å². The van der Waals surface area contributed by atoms with E-state index in [9.17, 15) is 0 Å². The standard InChI is InChI=1S/C13H13ClN2O/c1-9-5-12(8-17)16-13(15-9)7-10-3-2-4-11(14)6-10/h2-6,17H,7-8H2,1H3. The first-order chi connectivity index (χ1) is 8.17. The molecule has 0 aliphatic heterocycles. The molecule has 0 radical (unpaired) electrons. The Labute approximate surface area is 105 Å². The third-order valence-electron chi connectivity index (χ3n) is 2.37. The average Bonchev–Trinajstić information content (AvgIpc) is 2.28. The SMILES string of the molecule is Cc1cc(CO)nc(Cc2cccc(Cl)c2)n1. The molecule has 0 amide bonds. The number of benzene rings is 1. The molecule has 2 rings (SSSR count). The summed E-state index contributed by atoms with van der Waals surface area (Å²) in [7, 11) is 0. The molecule has 0 atom stereocenters. The summed E-state index contributed by atoms with van der Waals surface area (Å²) in [6.07, 6.45) is 0.620. The fraction of sp³-hybridized carbons (Fsp3) is 0.231. The third-order valence-corrected chi connectivity index (χ3v) is 2.60. The Morgan fingerprint density at radius 2 is 2.06 bits per heavy atom.